The van der Waals surface area contributed by atoms with Gasteiger partial charge in [-0.05, 0) is 51.5 Å². The zero-order valence-corrected chi connectivity index (χ0v) is 17.4. The van der Waals surface area contributed by atoms with Gasteiger partial charge in [0.25, 0.3) is 5.91 Å². The van der Waals surface area contributed by atoms with Gasteiger partial charge in [-0.1, -0.05) is 12.1 Å². The highest BCUT2D eigenvalue weighted by molar-refractivity contribution is 7.10. The van der Waals surface area contributed by atoms with E-state index in [9.17, 15) is 4.79 Å². The van der Waals surface area contributed by atoms with Crippen LogP contribution < -0.4 is 0 Å². The number of fused-ring (bicyclic) bond motifs is 1. The summed E-state index contributed by atoms with van der Waals surface area (Å²) < 4.78 is 5.31. The number of aryl methyl sites for hydroxylation is 2. The first-order chi connectivity index (χ1) is 13.1. The molecule has 2 aliphatic rings. The summed E-state index contributed by atoms with van der Waals surface area (Å²) in [4.78, 5) is 19.2. The highest BCUT2D eigenvalue weighted by atomic mass is 32.1. The lowest BCUT2D eigenvalue weighted by Crippen LogP contribution is -2.43. The van der Waals surface area contributed by atoms with Crippen molar-refractivity contribution in [1.29, 1.82) is 0 Å². The van der Waals surface area contributed by atoms with Crippen molar-refractivity contribution in [1.82, 2.24) is 15.0 Å². The van der Waals surface area contributed by atoms with Crippen LogP contribution in [-0.2, 0) is 19.5 Å². The van der Waals surface area contributed by atoms with E-state index >= 15 is 0 Å². The van der Waals surface area contributed by atoms with Crippen LogP contribution in [0.25, 0.3) is 0 Å². The number of thiophene rings is 1. The summed E-state index contributed by atoms with van der Waals surface area (Å²) in [5.74, 6) is 1.18. The van der Waals surface area contributed by atoms with Crippen LogP contribution in [0.15, 0.2) is 9.90 Å². The summed E-state index contributed by atoms with van der Waals surface area (Å²) in [5, 5.41) is 6.18. The molecule has 4 heterocycles. The van der Waals surface area contributed by atoms with Gasteiger partial charge >= 0.3 is 0 Å². The summed E-state index contributed by atoms with van der Waals surface area (Å²) in [6, 6.07) is 0.418. The molecule has 0 radical (unpaired) electrons. The normalized spacial score (nSPS) is 20.7. The van der Waals surface area contributed by atoms with Crippen molar-refractivity contribution in [2.24, 2.45) is 0 Å². The molecule has 0 unspecified atom stereocenters. The Kier molecular flexibility index (Phi) is 5.37. The summed E-state index contributed by atoms with van der Waals surface area (Å²) >= 11 is 1.75. The number of amides is 1. The van der Waals surface area contributed by atoms with Crippen LogP contribution in [0.5, 0.6) is 0 Å². The van der Waals surface area contributed by atoms with Gasteiger partial charge in [-0.2, -0.15) is 0 Å². The van der Waals surface area contributed by atoms with Crippen LogP contribution in [-0.4, -0.2) is 40.0 Å². The predicted molar refractivity (Wildman–Crippen MR) is 107 cm³/mol. The number of likely N-dealkylation sites (tertiary alicyclic amines) is 1. The number of carbonyl (C=O) groups is 1. The maximum absolute atomic E-state index is 13.2. The minimum atomic E-state index is 0.262. The highest BCUT2D eigenvalue weighted by Crippen LogP contribution is 2.32. The third-order valence-electron chi connectivity index (χ3n) is 6.18. The second kappa shape index (κ2) is 7.76. The van der Waals surface area contributed by atoms with E-state index in [-0.39, 0.29) is 5.91 Å². The van der Waals surface area contributed by atoms with E-state index in [1.165, 1.54) is 22.4 Å². The molecule has 146 valence electrons. The Hall–Kier alpha value is -1.66. The molecular weight excluding hydrogens is 358 g/mol. The topological polar surface area (TPSA) is 49.6 Å². The lowest BCUT2D eigenvalue weighted by atomic mass is 9.97. The molecule has 27 heavy (non-hydrogen) atoms. The molecule has 0 spiro atoms. The molecule has 6 heteroatoms. The summed E-state index contributed by atoms with van der Waals surface area (Å²) in [5.41, 5.74) is 4.44. The van der Waals surface area contributed by atoms with E-state index in [0.717, 1.165) is 68.9 Å². The third-order valence-corrected chi connectivity index (χ3v) is 7.19. The Morgan fingerprint density at radius 1 is 1.33 bits per heavy atom. The fraction of sp³-hybridized carbons (Fsp3) is 0.619. The molecule has 2 aromatic rings. The Morgan fingerprint density at radius 3 is 2.93 bits per heavy atom. The smallest absolute Gasteiger partial charge is 0.255 e. The summed E-state index contributed by atoms with van der Waals surface area (Å²) in [6.45, 7) is 9.86. The largest absolute Gasteiger partial charge is 0.361 e. The molecule has 1 saturated heterocycles. The number of aromatic nitrogens is 1. The first kappa shape index (κ1) is 18.7. The third kappa shape index (κ3) is 3.57. The van der Waals surface area contributed by atoms with Crippen molar-refractivity contribution in [3.63, 3.8) is 0 Å². The monoisotopic (exact) mass is 387 g/mol. The minimum absolute atomic E-state index is 0.262. The quantitative estimate of drug-likeness (QED) is 0.784. The predicted octanol–water partition coefficient (Wildman–Crippen LogP) is 4.32. The molecule has 2 aromatic heterocycles. The van der Waals surface area contributed by atoms with Crippen molar-refractivity contribution in [3.8, 4) is 0 Å². The van der Waals surface area contributed by atoms with Gasteiger partial charge in [0.15, 0.2) is 0 Å². The minimum Gasteiger partial charge on any atom is -0.361 e. The fourth-order valence-electron chi connectivity index (χ4n) is 4.49. The zero-order valence-electron chi connectivity index (χ0n) is 16.6. The molecule has 2 aliphatic heterocycles. The van der Waals surface area contributed by atoms with Gasteiger partial charge in [0, 0.05) is 48.0 Å². The Morgan fingerprint density at radius 2 is 2.19 bits per heavy atom. The first-order valence-corrected chi connectivity index (χ1v) is 11.0. The van der Waals surface area contributed by atoms with E-state index in [4.69, 9.17) is 4.52 Å². The molecule has 0 aliphatic carbocycles. The van der Waals surface area contributed by atoms with Gasteiger partial charge in [-0.15, -0.1) is 11.3 Å². The maximum Gasteiger partial charge on any atom is 0.255 e. The van der Waals surface area contributed by atoms with Crippen molar-refractivity contribution >= 4 is 17.2 Å². The first-order valence-electron chi connectivity index (χ1n) is 10.1. The molecule has 0 saturated carbocycles. The Balaban J connectivity index is 1.49. The Labute approximate surface area is 165 Å². The van der Waals surface area contributed by atoms with Gasteiger partial charge in [-0.3, -0.25) is 9.69 Å². The number of hydrogen-bond donors (Lipinski definition) is 0. The van der Waals surface area contributed by atoms with Crippen molar-refractivity contribution in [3.05, 3.63) is 38.4 Å². The molecule has 0 bridgehead atoms. The van der Waals surface area contributed by atoms with Gasteiger partial charge in [0.05, 0.1) is 11.3 Å². The average Bonchev–Trinajstić information content (AvgIpc) is 3.25. The van der Waals surface area contributed by atoms with Crippen LogP contribution >= 0.6 is 11.3 Å². The average molecular weight is 388 g/mol. The second-order valence-corrected chi connectivity index (χ2v) is 8.84. The molecule has 1 fully saturated rings. The number of hydrogen-bond acceptors (Lipinski definition) is 5. The second-order valence-electron chi connectivity index (χ2n) is 7.87. The van der Waals surface area contributed by atoms with Gasteiger partial charge in [0.2, 0.25) is 0 Å². The number of rotatable bonds is 4. The van der Waals surface area contributed by atoms with E-state index in [0.29, 0.717) is 6.04 Å². The van der Waals surface area contributed by atoms with Crippen LogP contribution in [0, 0.1) is 13.8 Å². The number of carbonyl (C=O) groups excluding carboxylic acids is 1. The Bertz CT molecular complexity index is 806. The molecule has 0 aromatic carbocycles. The fourth-order valence-corrected chi connectivity index (χ4v) is 5.61. The van der Waals surface area contributed by atoms with E-state index in [1.54, 1.807) is 11.3 Å². The van der Waals surface area contributed by atoms with Crippen LogP contribution in [0.4, 0.5) is 0 Å². The summed E-state index contributed by atoms with van der Waals surface area (Å²) in [6.07, 6.45) is 5.55. The maximum atomic E-state index is 13.2. The standard InChI is InChI=1S/C21H29N3O2S/c1-4-16-7-5-6-9-24(16)21(25)19-13-27-20-12-23(10-8-17(19)20)11-18-14(2)22-26-15(18)3/h13,16H,4-12H2,1-3H3/t16-/m0/s1. The number of piperidine rings is 1. The van der Waals surface area contributed by atoms with Gasteiger partial charge < -0.3 is 9.42 Å². The lowest BCUT2D eigenvalue weighted by Gasteiger charge is -2.35. The van der Waals surface area contributed by atoms with Gasteiger partial charge in [0.1, 0.15) is 5.76 Å². The molecule has 4 rings (SSSR count). The van der Waals surface area contributed by atoms with Crippen LogP contribution in [0.2, 0.25) is 0 Å². The lowest BCUT2D eigenvalue weighted by molar-refractivity contribution is 0.0606. The number of nitrogens with zero attached hydrogens (tertiary/aromatic N) is 3. The highest BCUT2D eigenvalue weighted by Gasteiger charge is 2.31. The molecule has 5 nitrogen and oxygen atoms in total. The van der Waals surface area contributed by atoms with E-state index in [1.807, 2.05) is 13.8 Å². The zero-order chi connectivity index (χ0) is 19.0. The molecule has 0 N–H and O–H groups in total. The van der Waals surface area contributed by atoms with Gasteiger partial charge in [-0.25, -0.2) is 0 Å². The van der Waals surface area contributed by atoms with E-state index < -0.39 is 0 Å². The van der Waals surface area contributed by atoms with E-state index in [2.05, 4.69) is 27.3 Å². The van der Waals surface area contributed by atoms with Crippen LogP contribution in [0.3, 0.4) is 0 Å². The summed E-state index contributed by atoms with van der Waals surface area (Å²) in [7, 11) is 0. The van der Waals surface area contributed by atoms with Crippen molar-refractivity contribution in [2.45, 2.75) is 72.0 Å². The van der Waals surface area contributed by atoms with Crippen molar-refractivity contribution < 1.29 is 9.32 Å². The molecule has 1 atom stereocenters. The van der Waals surface area contributed by atoms with Crippen LogP contribution in [0.1, 0.15) is 70.4 Å². The molecule has 1 amide bonds. The van der Waals surface area contributed by atoms with Crippen molar-refractivity contribution in [2.75, 3.05) is 13.1 Å². The SMILES string of the molecule is CC[C@H]1CCCCN1C(=O)c1csc2c1CCN(Cc1c(C)noc1C)C2. The molecular formula is C21H29N3O2S.